The SMILES string of the molecule is O=[N+]([O-])c1ccc(Oc2cccc(OCc3ccccc3)c2)nc1. The first kappa shape index (κ1) is 15.5. The van der Waals surface area contributed by atoms with Gasteiger partial charge in [0.2, 0.25) is 5.88 Å². The molecule has 1 aromatic heterocycles. The monoisotopic (exact) mass is 322 g/mol. The van der Waals surface area contributed by atoms with Crippen molar-refractivity contribution in [1.82, 2.24) is 4.98 Å². The summed E-state index contributed by atoms with van der Waals surface area (Å²) in [5, 5.41) is 10.6. The second-order valence-corrected chi connectivity index (χ2v) is 4.96. The Bertz CT molecular complexity index is 820. The normalized spacial score (nSPS) is 10.2. The molecule has 0 unspecified atom stereocenters. The minimum atomic E-state index is -0.505. The third kappa shape index (κ3) is 4.07. The second kappa shape index (κ2) is 7.23. The topological polar surface area (TPSA) is 74.5 Å². The number of nitro groups is 1. The summed E-state index contributed by atoms with van der Waals surface area (Å²) in [7, 11) is 0. The van der Waals surface area contributed by atoms with Gasteiger partial charge in [-0.1, -0.05) is 36.4 Å². The number of nitrogens with zero attached hydrogens (tertiary/aromatic N) is 2. The van der Waals surface area contributed by atoms with E-state index in [1.807, 2.05) is 36.4 Å². The number of pyridine rings is 1. The van der Waals surface area contributed by atoms with Crippen LogP contribution in [0.4, 0.5) is 5.69 Å². The third-order valence-electron chi connectivity index (χ3n) is 3.21. The maximum absolute atomic E-state index is 10.6. The molecule has 6 heteroatoms. The zero-order valence-electron chi connectivity index (χ0n) is 12.7. The Balaban J connectivity index is 1.65. The molecule has 24 heavy (non-hydrogen) atoms. The van der Waals surface area contributed by atoms with E-state index in [-0.39, 0.29) is 11.6 Å². The van der Waals surface area contributed by atoms with Crippen LogP contribution in [0, 0.1) is 10.1 Å². The third-order valence-corrected chi connectivity index (χ3v) is 3.21. The Morgan fingerprint density at radius 1 is 0.958 bits per heavy atom. The Hall–Kier alpha value is -3.41. The van der Waals surface area contributed by atoms with Gasteiger partial charge in [0.1, 0.15) is 24.3 Å². The number of rotatable bonds is 6. The van der Waals surface area contributed by atoms with Gasteiger partial charge in [0.05, 0.1) is 4.92 Å². The molecule has 0 saturated carbocycles. The number of hydrogen-bond acceptors (Lipinski definition) is 5. The fourth-order valence-corrected chi connectivity index (χ4v) is 2.03. The van der Waals surface area contributed by atoms with Crippen molar-refractivity contribution in [3.05, 3.63) is 88.6 Å². The van der Waals surface area contributed by atoms with Crippen LogP contribution in [-0.4, -0.2) is 9.91 Å². The van der Waals surface area contributed by atoms with E-state index >= 15 is 0 Å². The lowest BCUT2D eigenvalue weighted by Gasteiger charge is -2.09. The van der Waals surface area contributed by atoms with E-state index in [2.05, 4.69) is 4.98 Å². The van der Waals surface area contributed by atoms with Gasteiger partial charge in [0.15, 0.2) is 0 Å². The number of aromatic nitrogens is 1. The molecule has 0 atom stereocenters. The summed E-state index contributed by atoms with van der Waals surface area (Å²) in [6.07, 6.45) is 1.16. The first-order chi connectivity index (χ1) is 11.7. The van der Waals surface area contributed by atoms with Crippen molar-refractivity contribution in [3.8, 4) is 17.4 Å². The molecule has 3 aromatic rings. The van der Waals surface area contributed by atoms with Crippen LogP contribution in [0.25, 0.3) is 0 Å². The van der Waals surface area contributed by atoms with E-state index in [1.54, 1.807) is 18.2 Å². The molecule has 0 saturated heterocycles. The zero-order valence-corrected chi connectivity index (χ0v) is 12.7. The highest BCUT2D eigenvalue weighted by Gasteiger charge is 2.07. The Morgan fingerprint density at radius 2 is 1.75 bits per heavy atom. The molecule has 2 aromatic carbocycles. The van der Waals surface area contributed by atoms with Crippen LogP contribution < -0.4 is 9.47 Å². The van der Waals surface area contributed by atoms with Gasteiger partial charge in [0, 0.05) is 18.2 Å². The Morgan fingerprint density at radius 3 is 2.46 bits per heavy atom. The molecule has 3 rings (SSSR count). The van der Waals surface area contributed by atoms with Gasteiger partial charge in [-0.2, -0.15) is 0 Å². The lowest BCUT2D eigenvalue weighted by molar-refractivity contribution is -0.385. The minimum absolute atomic E-state index is 0.0812. The van der Waals surface area contributed by atoms with E-state index in [1.165, 1.54) is 12.1 Å². The molecule has 0 bridgehead atoms. The lowest BCUT2D eigenvalue weighted by Crippen LogP contribution is -1.95. The van der Waals surface area contributed by atoms with Crippen molar-refractivity contribution in [2.45, 2.75) is 6.61 Å². The largest absolute Gasteiger partial charge is 0.489 e. The van der Waals surface area contributed by atoms with E-state index < -0.39 is 4.92 Å². The van der Waals surface area contributed by atoms with E-state index in [9.17, 15) is 10.1 Å². The maximum atomic E-state index is 10.6. The highest BCUT2D eigenvalue weighted by atomic mass is 16.6. The van der Waals surface area contributed by atoms with Crippen LogP contribution in [-0.2, 0) is 6.61 Å². The molecule has 0 fully saturated rings. The van der Waals surface area contributed by atoms with Crippen LogP contribution in [0.15, 0.2) is 72.9 Å². The van der Waals surface area contributed by atoms with Crippen molar-refractivity contribution in [2.75, 3.05) is 0 Å². The predicted molar refractivity (Wildman–Crippen MR) is 88.2 cm³/mol. The summed E-state index contributed by atoms with van der Waals surface area (Å²) in [5.74, 6) is 1.49. The molecule has 6 nitrogen and oxygen atoms in total. The second-order valence-electron chi connectivity index (χ2n) is 4.96. The molecular formula is C18H14N2O4. The summed E-state index contributed by atoms with van der Waals surface area (Å²) in [4.78, 5) is 14.0. The van der Waals surface area contributed by atoms with Gasteiger partial charge in [-0.05, 0) is 17.7 Å². The van der Waals surface area contributed by atoms with Crippen LogP contribution in [0.2, 0.25) is 0 Å². The van der Waals surface area contributed by atoms with E-state index in [0.29, 0.717) is 18.1 Å². The summed E-state index contributed by atoms with van der Waals surface area (Å²) in [5.41, 5.74) is 0.989. The van der Waals surface area contributed by atoms with Crippen LogP contribution in [0.1, 0.15) is 5.56 Å². The summed E-state index contributed by atoms with van der Waals surface area (Å²) >= 11 is 0. The summed E-state index contributed by atoms with van der Waals surface area (Å²) in [6.45, 7) is 0.458. The Kier molecular flexibility index (Phi) is 4.67. The molecule has 0 aliphatic rings. The zero-order chi connectivity index (χ0) is 16.8. The smallest absolute Gasteiger partial charge is 0.287 e. The molecule has 0 radical (unpaired) electrons. The van der Waals surface area contributed by atoms with Gasteiger partial charge in [-0.3, -0.25) is 10.1 Å². The fraction of sp³-hybridized carbons (Fsp3) is 0.0556. The molecule has 0 N–H and O–H groups in total. The molecule has 0 amide bonds. The summed E-state index contributed by atoms with van der Waals surface area (Å²) in [6, 6.07) is 19.8. The quantitative estimate of drug-likeness (QED) is 0.498. The van der Waals surface area contributed by atoms with E-state index in [4.69, 9.17) is 9.47 Å². The number of benzene rings is 2. The van der Waals surface area contributed by atoms with Crippen LogP contribution in [0.5, 0.6) is 17.4 Å². The molecule has 0 aliphatic heterocycles. The van der Waals surface area contributed by atoms with E-state index in [0.717, 1.165) is 11.8 Å². The van der Waals surface area contributed by atoms with Crippen LogP contribution >= 0.6 is 0 Å². The fourth-order valence-electron chi connectivity index (χ4n) is 2.03. The molecule has 1 heterocycles. The highest BCUT2D eigenvalue weighted by molar-refractivity contribution is 5.36. The average molecular weight is 322 g/mol. The summed E-state index contributed by atoms with van der Waals surface area (Å²) < 4.78 is 11.3. The Labute approximate surface area is 138 Å². The van der Waals surface area contributed by atoms with Crippen molar-refractivity contribution < 1.29 is 14.4 Å². The van der Waals surface area contributed by atoms with Crippen molar-refractivity contribution in [1.29, 1.82) is 0 Å². The number of hydrogen-bond donors (Lipinski definition) is 0. The minimum Gasteiger partial charge on any atom is -0.489 e. The van der Waals surface area contributed by atoms with Gasteiger partial charge in [-0.25, -0.2) is 4.98 Å². The van der Waals surface area contributed by atoms with Crippen molar-refractivity contribution >= 4 is 5.69 Å². The van der Waals surface area contributed by atoms with Gasteiger partial charge >= 0.3 is 0 Å². The predicted octanol–water partition coefficient (Wildman–Crippen LogP) is 4.36. The first-order valence-electron chi connectivity index (χ1n) is 7.26. The first-order valence-corrected chi connectivity index (χ1v) is 7.26. The lowest BCUT2D eigenvalue weighted by atomic mass is 10.2. The van der Waals surface area contributed by atoms with Crippen molar-refractivity contribution in [2.24, 2.45) is 0 Å². The molecule has 0 aliphatic carbocycles. The molecular weight excluding hydrogens is 308 g/mol. The number of ether oxygens (including phenoxy) is 2. The highest BCUT2D eigenvalue weighted by Crippen LogP contribution is 2.25. The molecule has 0 spiro atoms. The standard InChI is InChI=1S/C18H14N2O4/c21-20(22)15-9-10-18(19-12-15)24-17-8-4-7-16(11-17)23-13-14-5-2-1-3-6-14/h1-12H,13H2. The van der Waals surface area contributed by atoms with Gasteiger partial charge in [-0.15, -0.1) is 0 Å². The van der Waals surface area contributed by atoms with Gasteiger partial charge < -0.3 is 9.47 Å². The maximum Gasteiger partial charge on any atom is 0.287 e. The molecule has 120 valence electrons. The van der Waals surface area contributed by atoms with Crippen LogP contribution in [0.3, 0.4) is 0 Å². The van der Waals surface area contributed by atoms with Crippen molar-refractivity contribution in [3.63, 3.8) is 0 Å². The average Bonchev–Trinajstić information content (AvgIpc) is 2.62. The van der Waals surface area contributed by atoms with Gasteiger partial charge in [0.25, 0.3) is 5.69 Å².